The minimum absolute atomic E-state index is 0.430. The topological polar surface area (TPSA) is 60.9 Å². The quantitative estimate of drug-likeness (QED) is 0.795. The van der Waals surface area contributed by atoms with Gasteiger partial charge in [0.25, 0.3) is 0 Å². The molecule has 1 aromatic carbocycles. The van der Waals surface area contributed by atoms with Crippen LogP contribution in [0, 0.1) is 6.92 Å². The largest absolute Gasteiger partial charge is 0.366 e. The van der Waals surface area contributed by atoms with E-state index in [2.05, 4.69) is 5.10 Å². The fourth-order valence-electron chi connectivity index (χ4n) is 1.36. The Morgan fingerprint density at radius 2 is 2.27 bits per heavy atom. The van der Waals surface area contributed by atoms with Crippen LogP contribution in [0.3, 0.4) is 0 Å². The van der Waals surface area contributed by atoms with Crippen LogP contribution in [-0.2, 0) is 0 Å². The van der Waals surface area contributed by atoms with Crippen molar-refractivity contribution >= 4 is 5.91 Å². The Hall–Kier alpha value is -2.10. The van der Waals surface area contributed by atoms with Crippen LogP contribution in [0.4, 0.5) is 0 Å². The van der Waals surface area contributed by atoms with Gasteiger partial charge >= 0.3 is 0 Å². The molecule has 2 aromatic rings. The lowest BCUT2D eigenvalue weighted by molar-refractivity contribution is 0.100. The van der Waals surface area contributed by atoms with Crippen molar-refractivity contribution in [3.63, 3.8) is 0 Å². The van der Waals surface area contributed by atoms with Crippen molar-refractivity contribution in [2.75, 3.05) is 0 Å². The molecule has 4 nitrogen and oxygen atoms in total. The van der Waals surface area contributed by atoms with Gasteiger partial charge in [0.2, 0.25) is 5.91 Å². The molecule has 2 rings (SSSR count). The van der Waals surface area contributed by atoms with E-state index in [1.807, 2.05) is 19.2 Å². The molecule has 15 heavy (non-hydrogen) atoms. The fourth-order valence-corrected chi connectivity index (χ4v) is 1.36. The molecular formula is C11H11N3O. The Balaban J connectivity index is 2.45. The third-order valence-electron chi connectivity index (χ3n) is 2.11. The van der Waals surface area contributed by atoms with Gasteiger partial charge < -0.3 is 5.73 Å². The van der Waals surface area contributed by atoms with Crippen molar-refractivity contribution in [1.82, 2.24) is 9.78 Å². The van der Waals surface area contributed by atoms with E-state index in [9.17, 15) is 4.79 Å². The molecule has 1 aromatic heterocycles. The number of carbonyl (C=O) groups excluding carboxylic acids is 1. The summed E-state index contributed by atoms with van der Waals surface area (Å²) in [6.07, 6.45) is 3.65. The number of nitrogens with two attached hydrogens (primary N) is 1. The molecule has 0 spiro atoms. The molecule has 0 aliphatic rings. The lowest BCUT2D eigenvalue weighted by Crippen LogP contribution is -2.11. The standard InChI is InChI=1S/C11H11N3O/c1-8-6-13-14(7-8)10-4-2-3-9(5-10)11(12)15/h2-7H,1H3,(H2,12,15). The van der Waals surface area contributed by atoms with Crippen LogP contribution in [0.25, 0.3) is 5.69 Å². The van der Waals surface area contributed by atoms with Crippen LogP contribution in [0.15, 0.2) is 36.7 Å². The number of rotatable bonds is 2. The number of aromatic nitrogens is 2. The van der Waals surface area contributed by atoms with Crippen LogP contribution in [0.5, 0.6) is 0 Å². The molecule has 0 bridgehead atoms. The third-order valence-corrected chi connectivity index (χ3v) is 2.11. The van der Waals surface area contributed by atoms with Crippen molar-refractivity contribution in [2.24, 2.45) is 5.73 Å². The van der Waals surface area contributed by atoms with Gasteiger partial charge in [0.1, 0.15) is 0 Å². The maximum absolute atomic E-state index is 11.0. The fraction of sp³-hybridized carbons (Fsp3) is 0.0909. The monoisotopic (exact) mass is 201 g/mol. The highest BCUT2D eigenvalue weighted by atomic mass is 16.1. The Labute approximate surface area is 87.3 Å². The summed E-state index contributed by atoms with van der Waals surface area (Å²) in [6, 6.07) is 7.06. The lowest BCUT2D eigenvalue weighted by atomic mass is 10.2. The average Bonchev–Trinajstić information content (AvgIpc) is 2.65. The molecule has 0 aliphatic carbocycles. The van der Waals surface area contributed by atoms with Gasteiger partial charge in [-0.2, -0.15) is 5.10 Å². The Kier molecular flexibility index (Phi) is 2.25. The van der Waals surface area contributed by atoms with E-state index in [1.165, 1.54) is 0 Å². The number of hydrogen-bond acceptors (Lipinski definition) is 2. The number of aryl methyl sites for hydroxylation is 1. The van der Waals surface area contributed by atoms with Gasteiger partial charge in [0.05, 0.1) is 11.9 Å². The SMILES string of the molecule is Cc1cnn(-c2cccc(C(N)=O)c2)c1. The highest BCUT2D eigenvalue weighted by Crippen LogP contribution is 2.10. The van der Waals surface area contributed by atoms with Crippen LogP contribution in [-0.4, -0.2) is 15.7 Å². The van der Waals surface area contributed by atoms with Gasteiger partial charge in [-0.25, -0.2) is 4.68 Å². The number of amides is 1. The number of carbonyl (C=O) groups is 1. The van der Waals surface area contributed by atoms with Crippen LogP contribution in [0.2, 0.25) is 0 Å². The normalized spacial score (nSPS) is 10.2. The van der Waals surface area contributed by atoms with E-state index in [-0.39, 0.29) is 0 Å². The van der Waals surface area contributed by atoms with E-state index in [4.69, 9.17) is 5.73 Å². The summed E-state index contributed by atoms with van der Waals surface area (Å²) in [7, 11) is 0. The van der Waals surface area contributed by atoms with Crippen molar-refractivity contribution in [1.29, 1.82) is 0 Å². The van der Waals surface area contributed by atoms with E-state index in [0.29, 0.717) is 5.56 Å². The Morgan fingerprint density at radius 1 is 1.47 bits per heavy atom. The van der Waals surface area contributed by atoms with Crippen LogP contribution in [0.1, 0.15) is 15.9 Å². The molecule has 4 heteroatoms. The molecule has 0 unspecified atom stereocenters. The highest BCUT2D eigenvalue weighted by molar-refractivity contribution is 5.93. The first-order chi connectivity index (χ1) is 7.16. The summed E-state index contributed by atoms with van der Waals surface area (Å²) in [5, 5.41) is 4.15. The maximum atomic E-state index is 11.0. The molecule has 0 saturated carbocycles. The number of hydrogen-bond donors (Lipinski definition) is 1. The zero-order valence-corrected chi connectivity index (χ0v) is 8.34. The first-order valence-corrected chi connectivity index (χ1v) is 4.58. The summed E-state index contributed by atoms with van der Waals surface area (Å²) < 4.78 is 1.71. The molecule has 2 N–H and O–H groups in total. The lowest BCUT2D eigenvalue weighted by Gasteiger charge is -2.02. The van der Waals surface area contributed by atoms with Crippen LogP contribution >= 0.6 is 0 Å². The molecule has 1 heterocycles. The number of primary amides is 1. The predicted octanol–water partition coefficient (Wildman–Crippen LogP) is 1.28. The summed E-state index contributed by atoms with van der Waals surface area (Å²) in [4.78, 5) is 11.0. The van der Waals surface area contributed by atoms with Gasteiger partial charge in [0, 0.05) is 11.8 Å². The Bertz CT molecular complexity index is 502. The molecule has 0 atom stereocenters. The van der Waals surface area contributed by atoms with Crippen molar-refractivity contribution < 1.29 is 4.79 Å². The van der Waals surface area contributed by atoms with E-state index in [1.54, 1.807) is 29.1 Å². The molecular weight excluding hydrogens is 190 g/mol. The van der Waals surface area contributed by atoms with Crippen molar-refractivity contribution in [3.05, 3.63) is 47.8 Å². The van der Waals surface area contributed by atoms with Gasteiger partial charge in [-0.15, -0.1) is 0 Å². The highest BCUT2D eigenvalue weighted by Gasteiger charge is 2.03. The van der Waals surface area contributed by atoms with Gasteiger partial charge in [-0.1, -0.05) is 6.07 Å². The van der Waals surface area contributed by atoms with Crippen molar-refractivity contribution in [3.8, 4) is 5.69 Å². The summed E-state index contributed by atoms with van der Waals surface area (Å²) >= 11 is 0. The predicted molar refractivity (Wildman–Crippen MR) is 56.8 cm³/mol. The molecule has 1 amide bonds. The minimum atomic E-state index is -0.430. The van der Waals surface area contributed by atoms with E-state index in [0.717, 1.165) is 11.3 Å². The average molecular weight is 201 g/mol. The molecule has 0 fully saturated rings. The zero-order valence-electron chi connectivity index (χ0n) is 8.34. The van der Waals surface area contributed by atoms with Gasteiger partial charge in [0.15, 0.2) is 0 Å². The Morgan fingerprint density at radius 3 is 2.87 bits per heavy atom. The molecule has 76 valence electrons. The van der Waals surface area contributed by atoms with Gasteiger partial charge in [-0.3, -0.25) is 4.79 Å². The molecule has 0 radical (unpaired) electrons. The number of benzene rings is 1. The van der Waals surface area contributed by atoms with Crippen molar-refractivity contribution in [2.45, 2.75) is 6.92 Å². The second-order valence-corrected chi connectivity index (χ2v) is 3.38. The molecule has 0 saturated heterocycles. The second kappa shape index (κ2) is 3.57. The van der Waals surface area contributed by atoms with Gasteiger partial charge in [-0.05, 0) is 30.7 Å². The first-order valence-electron chi connectivity index (χ1n) is 4.58. The first kappa shape index (κ1) is 9.45. The van der Waals surface area contributed by atoms with E-state index < -0.39 is 5.91 Å². The summed E-state index contributed by atoms with van der Waals surface area (Å²) in [5.41, 5.74) is 7.59. The summed E-state index contributed by atoms with van der Waals surface area (Å²) in [5.74, 6) is -0.430. The minimum Gasteiger partial charge on any atom is -0.366 e. The van der Waals surface area contributed by atoms with Crippen LogP contribution < -0.4 is 5.73 Å². The zero-order chi connectivity index (χ0) is 10.8. The molecule has 0 aliphatic heterocycles. The third kappa shape index (κ3) is 1.88. The maximum Gasteiger partial charge on any atom is 0.248 e. The smallest absolute Gasteiger partial charge is 0.248 e. The second-order valence-electron chi connectivity index (χ2n) is 3.38. The van der Waals surface area contributed by atoms with E-state index >= 15 is 0 Å². The summed E-state index contributed by atoms with van der Waals surface area (Å²) in [6.45, 7) is 1.96. The number of nitrogens with zero attached hydrogens (tertiary/aromatic N) is 2.